The second-order valence-electron chi connectivity index (χ2n) is 6.74. The summed E-state index contributed by atoms with van der Waals surface area (Å²) in [5, 5.41) is 3.94. The van der Waals surface area contributed by atoms with Crippen molar-refractivity contribution in [2.75, 3.05) is 7.05 Å². The number of amides is 1. The molecule has 0 unspecified atom stereocenters. The van der Waals surface area contributed by atoms with Gasteiger partial charge in [0.05, 0.1) is 12.6 Å². The van der Waals surface area contributed by atoms with E-state index in [0.29, 0.717) is 29.8 Å². The Morgan fingerprint density at radius 3 is 2.53 bits per heavy atom. The molecule has 4 aromatic rings. The van der Waals surface area contributed by atoms with Crippen LogP contribution in [0.2, 0.25) is 0 Å². The lowest BCUT2D eigenvalue weighted by atomic mass is 10.2. The molecule has 1 amide bonds. The van der Waals surface area contributed by atoms with Crippen LogP contribution < -0.4 is 4.74 Å². The van der Waals surface area contributed by atoms with Crippen molar-refractivity contribution in [3.05, 3.63) is 90.5 Å². The SMILES string of the molecule is CN(Cc1ccccc1)C(=O)Cc1noc(-c2ccc(Oc3cccnc3)cc2)n1. The van der Waals surface area contributed by atoms with E-state index in [0.717, 1.165) is 11.1 Å². The topological polar surface area (TPSA) is 81.4 Å². The Bertz CT molecular complexity index is 1100. The van der Waals surface area contributed by atoms with Gasteiger partial charge in [0.25, 0.3) is 5.89 Å². The number of carbonyl (C=O) groups excluding carboxylic acids is 1. The van der Waals surface area contributed by atoms with E-state index in [9.17, 15) is 4.79 Å². The van der Waals surface area contributed by atoms with Crippen molar-refractivity contribution in [1.29, 1.82) is 0 Å². The fourth-order valence-corrected chi connectivity index (χ4v) is 2.87. The van der Waals surface area contributed by atoms with Gasteiger partial charge < -0.3 is 14.2 Å². The lowest BCUT2D eigenvalue weighted by Gasteiger charge is -2.16. The molecule has 150 valence electrons. The minimum Gasteiger partial charge on any atom is -0.456 e. The van der Waals surface area contributed by atoms with Crippen LogP contribution in [0.1, 0.15) is 11.4 Å². The lowest BCUT2D eigenvalue weighted by molar-refractivity contribution is -0.129. The van der Waals surface area contributed by atoms with Crippen LogP contribution in [-0.2, 0) is 17.8 Å². The van der Waals surface area contributed by atoms with Gasteiger partial charge in [0.2, 0.25) is 5.91 Å². The summed E-state index contributed by atoms with van der Waals surface area (Å²) in [4.78, 5) is 22.5. The first-order valence-corrected chi connectivity index (χ1v) is 9.46. The van der Waals surface area contributed by atoms with Gasteiger partial charge in [0, 0.05) is 25.4 Å². The molecule has 7 heteroatoms. The second kappa shape index (κ2) is 9.00. The molecular formula is C23H20N4O3. The predicted molar refractivity (Wildman–Crippen MR) is 111 cm³/mol. The smallest absolute Gasteiger partial charge is 0.257 e. The number of pyridine rings is 1. The van der Waals surface area contributed by atoms with E-state index in [2.05, 4.69) is 15.1 Å². The molecule has 4 rings (SSSR count). The Morgan fingerprint density at radius 2 is 1.80 bits per heavy atom. The number of likely N-dealkylation sites (N-methyl/N-ethyl adjacent to an activating group) is 1. The van der Waals surface area contributed by atoms with Gasteiger partial charge in [0.15, 0.2) is 5.82 Å². The number of benzene rings is 2. The Hall–Kier alpha value is -4.00. The van der Waals surface area contributed by atoms with E-state index >= 15 is 0 Å². The Kier molecular flexibility index (Phi) is 5.80. The molecular weight excluding hydrogens is 380 g/mol. The van der Waals surface area contributed by atoms with Crippen molar-refractivity contribution in [3.63, 3.8) is 0 Å². The van der Waals surface area contributed by atoms with Gasteiger partial charge in [-0.3, -0.25) is 9.78 Å². The number of rotatable bonds is 7. The number of nitrogens with zero attached hydrogens (tertiary/aromatic N) is 4. The molecule has 0 bridgehead atoms. The first-order valence-electron chi connectivity index (χ1n) is 9.46. The van der Waals surface area contributed by atoms with E-state index < -0.39 is 0 Å². The van der Waals surface area contributed by atoms with Crippen LogP contribution in [0.5, 0.6) is 11.5 Å². The lowest BCUT2D eigenvalue weighted by Crippen LogP contribution is -2.28. The Morgan fingerprint density at radius 1 is 1.00 bits per heavy atom. The zero-order chi connectivity index (χ0) is 20.8. The molecule has 0 aliphatic heterocycles. The van der Waals surface area contributed by atoms with Crippen LogP contribution >= 0.6 is 0 Å². The maximum absolute atomic E-state index is 12.5. The van der Waals surface area contributed by atoms with Crippen molar-refractivity contribution in [3.8, 4) is 23.0 Å². The van der Waals surface area contributed by atoms with Crippen molar-refractivity contribution in [1.82, 2.24) is 20.0 Å². The molecule has 30 heavy (non-hydrogen) atoms. The second-order valence-corrected chi connectivity index (χ2v) is 6.74. The van der Waals surface area contributed by atoms with Gasteiger partial charge in [-0.2, -0.15) is 4.98 Å². The predicted octanol–water partition coefficient (Wildman–Crippen LogP) is 4.13. The largest absolute Gasteiger partial charge is 0.456 e. The van der Waals surface area contributed by atoms with E-state index in [1.807, 2.05) is 66.7 Å². The van der Waals surface area contributed by atoms with Gasteiger partial charge in [0.1, 0.15) is 11.5 Å². The van der Waals surface area contributed by atoms with Crippen LogP contribution in [0.25, 0.3) is 11.5 Å². The molecule has 0 radical (unpaired) electrons. The summed E-state index contributed by atoms with van der Waals surface area (Å²) in [7, 11) is 1.76. The summed E-state index contributed by atoms with van der Waals surface area (Å²) >= 11 is 0. The summed E-state index contributed by atoms with van der Waals surface area (Å²) < 4.78 is 11.0. The van der Waals surface area contributed by atoms with Gasteiger partial charge in [-0.15, -0.1) is 0 Å². The van der Waals surface area contributed by atoms with Crippen LogP contribution in [0.3, 0.4) is 0 Å². The van der Waals surface area contributed by atoms with Crippen LogP contribution in [0.4, 0.5) is 0 Å². The fraction of sp³-hybridized carbons (Fsp3) is 0.130. The molecule has 2 aromatic carbocycles. The highest BCUT2D eigenvalue weighted by atomic mass is 16.5. The first-order chi connectivity index (χ1) is 14.7. The van der Waals surface area contributed by atoms with Gasteiger partial charge >= 0.3 is 0 Å². The number of hydrogen-bond donors (Lipinski definition) is 0. The summed E-state index contributed by atoms with van der Waals surface area (Å²) in [6, 6.07) is 20.7. The van der Waals surface area contributed by atoms with E-state index in [1.165, 1.54) is 0 Å². The van der Waals surface area contributed by atoms with Crippen molar-refractivity contribution in [2.24, 2.45) is 0 Å². The summed E-state index contributed by atoms with van der Waals surface area (Å²) in [5.41, 5.74) is 1.81. The van der Waals surface area contributed by atoms with E-state index in [-0.39, 0.29) is 12.3 Å². The maximum atomic E-state index is 12.5. The molecule has 0 atom stereocenters. The van der Waals surface area contributed by atoms with E-state index in [4.69, 9.17) is 9.26 Å². The third-order valence-electron chi connectivity index (χ3n) is 4.44. The monoisotopic (exact) mass is 400 g/mol. The molecule has 0 aliphatic carbocycles. The minimum atomic E-state index is -0.0774. The molecule has 2 heterocycles. The molecule has 0 fully saturated rings. The van der Waals surface area contributed by atoms with Crippen molar-refractivity contribution < 1.29 is 14.1 Å². The van der Waals surface area contributed by atoms with Crippen molar-refractivity contribution in [2.45, 2.75) is 13.0 Å². The van der Waals surface area contributed by atoms with Gasteiger partial charge in [-0.1, -0.05) is 35.5 Å². The van der Waals surface area contributed by atoms with Crippen LogP contribution in [0, 0.1) is 0 Å². The molecule has 0 saturated heterocycles. The summed E-state index contributed by atoms with van der Waals surface area (Å²) in [5.74, 6) is 1.96. The highest BCUT2D eigenvalue weighted by Crippen LogP contribution is 2.24. The number of aromatic nitrogens is 3. The highest BCUT2D eigenvalue weighted by molar-refractivity contribution is 5.77. The van der Waals surface area contributed by atoms with Gasteiger partial charge in [-0.25, -0.2) is 0 Å². The first kappa shape index (κ1) is 19.3. The Balaban J connectivity index is 1.37. The number of ether oxygens (including phenoxy) is 1. The molecule has 0 N–H and O–H groups in total. The molecule has 0 saturated carbocycles. The fourth-order valence-electron chi connectivity index (χ4n) is 2.87. The normalized spacial score (nSPS) is 10.6. The quantitative estimate of drug-likeness (QED) is 0.464. The highest BCUT2D eigenvalue weighted by Gasteiger charge is 2.16. The average Bonchev–Trinajstić information content (AvgIpc) is 3.24. The number of hydrogen-bond acceptors (Lipinski definition) is 6. The molecule has 0 spiro atoms. The van der Waals surface area contributed by atoms with Gasteiger partial charge in [-0.05, 0) is 42.0 Å². The average molecular weight is 400 g/mol. The van der Waals surface area contributed by atoms with E-state index in [1.54, 1.807) is 24.3 Å². The molecule has 2 aromatic heterocycles. The van der Waals surface area contributed by atoms with Crippen molar-refractivity contribution >= 4 is 5.91 Å². The standard InChI is InChI=1S/C23H20N4O3/c1-27(16-17-6-3-2-4-7-17)22(28)14-21-25-23(30-26-21)18-9-11-19(12-10-18)29-20-8-5-13-24-15-20/h2-13,15H,14,16H2,1H3. The maximum Gasteiger partial charge on any atom is 0.257 e. The third kappa shape index (κ3) is 4.88. The van der Waals surface area contributed by atoms with Crippen LogP contribution in [0.15, 0.2) is 83.6 Å². The zero-order valence-corrected chi connectivity index (χ0v) is 16.4. The summed E-state index contributed by atoms with van der Waals surface area (Å²) in [6.07, 6.45) is 3.41. The zero-order valence-electron chi connectivity index (χ0n) is 16.4. The summed E-state index contributed by atoms with van der Waals surface area (Å²) in [6.45, 7) is 0.531. The number of carbonyl (C=O) groups is 1. The molecule has 7 nitrogen and oxygen atoms in total. The Labute approximate surface area is 174 Å². The third-order valence-corrected chi connectivity index (χ3v) is 4.44. The minimum absolute atomic E-state index is 0.0774. The van der Waals surface area contributed by atoms with Crippen LogP contribution in [-0.4, -0.2) is 33.0 Å². The molecule has 0 aliphatic rings.